The Morgan fingerprint density at radius 3 is 2.44 bits per heavy atom. The van der Waals surface area contributed by atoms with Crippen LogP contribution in [0.15, 0.2) is 77.9 Å². The number of ether oxygens (including phenoxy) is 2. The van der Waals surface area contributed by atoms with Crippen molar-refractivity contribution in [1.82, 2.24) is 19.3 Å². The molecule has 3 heterocycles. The van der Waals surface area contributed by atoms with E-state index < -0.39 is 17.1 Å². The maximum Gasteiger partial charge on any atom is 0.311 e. The molecule has 10 heteroatoms. The third-order valence-electron chi connectivity index (χ3n) is 8.04. The van der Waals surface area contributed by atoms with Crippen molar-refractivity contribution in [3.8, 4) is 27.4 Å². The Kier molecular flexibility index (Phi) is 8.83. The minimum atomic E-state index is -0.664. The first kappa shape index (κ1) is 33.6. The molecular weight excluding hydrogens is 644 g/mol. The first-order valence-corrected chi connectivity index (χ1v) is 17.0. The fraction of sp³-hybridized carbons (Fsp3) is 0.316. The summed E-state index contributed by atoms with van der Waals surface area (Å²) in [7, 11) is 1.89. The lowest BCUT2D eigenvalue weighted by molar-refractivity contribution is -0.162. The van der Waals surface area contributed by atoms with Gasteiger partial charge in [-0.3, -0.25) is 18.8 Å². The number of carbonyl (C=O) groups excluding carboxylic acids is 1. The SMILES string of the molecule is Cc1cc2nc(-c3cccn(-c4ccc5c(cnn5C)c4)c3=O)sc2c(-c2ccc(Cl)cc2)c1C(COC(=O)C(C)(C)C)OC(C)(C)C. The van der Waals surface area contributed by atoms with Crippen LogP contribution in [-0.2, 0) is 21.3 Å². The van der Waals surface area contributed by atoms with Crippen LogP contribution in [0.25, 0.3) is 48.5 Å². The van der Waals surface area contributed by atoms with Crippen LogP contribution in [0, 0.1) is 12.3 Å². The van der Waals surface area contributed by atoms with Gasteiger partial charge in [-0.05, 0) is 114 Å². The van der Waals surface area contributed by atoms with Gasteiger partial charge in [0.05, 0.1) is 38.5 Å². The molecule has 248 valence electrons. The summed E-state index contributed by atoms with van der Waals surface area (Å²) >= 11 is 7.78. The number of rotatable bonds is 7. The summed E-state index contributed by atoms with van der Waals surface area (Å²) in [5.41, 5.74) is 5.26. The molecule has 0 bridgehead atoms. The Morgan fingerprint density at radius 2 is 1.75 bits per heavy atom. The van der Waals surface area contributed by atoms with Crippen molar-refractivity contribution in [3.63, 3.8) is 0 Å². The average molecular weight is 683 g/mol. The summed E-state index contributed by atoms with van der Waals surface area (Å²) in [6.07, 6.45) is 2.99. The number of pyridine rings is 1. The van der Waals surface area contributed by atoms with Crippen molar-refractivity contribution in [2.24, 2.45) is 12.5 Å². The number of hydrogen-bond acceptors (Lipinski definition) is 7. The molecule has 0 spiro atoms. The normalized spacial score (nSPS) is 12.9. The number of thiazole rings is 1. The first-order chi connectivity index (χ1) is 22.6. The van der Waals surface area contributed by atoms with Gasteiger partial charge < -0.3 is 9.47 Å². The fourth-order valence-electron chi connectivity index (χ4n) is 5.78. The maximum absolute atomic E-state index is 14.0. The highest BCUT2D eigenvalue weighted by Gasteiger charge is 2.31. The molecule has 1 atom stereocenters. The predicted octanol–water partition coefficient (Wildman–Crippen LogP) is 9.08. The fourth-order valence-corrected chi connectivity index (χ4v) is 7.04. The van der Waals surface area contributed by atoms with E-state index in [2.05, 4.69) is 5.10 Å². The molecule has 0 fully saturated rings. The van der Waals surface area contributed by atoms with Gasteiger partial charge in [0.15, 0.2) is 0 Å². The van der Waals surface area contributed by atoms with Crippen molar-refractivity contribution in [1.29, 1.82) is 0 Å². The number of esters is 1. The quantitative estimate of drug-likeness (QED) is 0.156. The van der Waals surface area contributed by atoms with Gasteiger partial charge in [-0.25, -0.2) is 4.98 Å². The Morgan fingerprint density at radius 1 is 1.02 bits per heavy atom. The smallest absolute Gasteiger partial charge is 0.311 e. The van der Waals surface area contributed by atoms with Crippen molar-refractivity contribution in [2.75, 3.05) is 6.61 Å². The van der Waals surface area contributed by atoms with Gasteiger partial charge in [0, 0.05) is 34.9 Å². The number of carbonyl (C=O) groups is 1. The Hall–Kier alpha value is -4.31. The summed E-state index contributed by atoms with van der Waals surface area (Å²) < 4.78 is 16.8. The number of fused-ring (bicyclic) bond motifs is 2. The Bertz CT molecular complexity index is 2220. The molecule has 0 saturated carbocycles. The molecule has 6 aromatic rings. The van der Waals surface area contributed by atoms with Crippen LogP contribution >= 0.6 is 22.9 Å². The van der Waals surface area contributed by atoms with Gasteiger partial charge in [0.1, 0.15) is 17.7 Å². The number of nitrogens with zero attached hydrogens (tertiary/aromatic N) is 4. The van der Waals surface area contributed by atoms with Crippen LogP contribution in [0.5, 0.6) is 0 Å². The number of aromatic nitrogens is 4. The standard InChI is InChI=1S/C38H39ClN4O4S/c1-22-18-28-33(48-34(41-28)27-10-9-17-43(35(27)44)26-15-16-29-24(19-26)20-40-42(29)8)32(23-11-13-25(39)14-12-23)31(22)30(47-38(5,6)7)21-46-36(45)37(2,3)4/h9-20,30H,21H2,1-8H3. The summed E-state index contributed by atoms with van der Waals surface area (Å²) in [5.74, 6) is -0.306. The lowest BCUT2D eigenvalue weighted by Gasteiger charge is -2.31. The highest BCUT2D eigenvalue weighted by atomic mass is 35.5. The van der Waals surface area contributed by atoms with Gasteiger partial charge >= 0.3 is 5.97 Å². The number of benzene rings is 3. The van der Waals surface area contributed by atoms with Gasteiger partial charge in [-0.15, -0.1) is 11.3 Å². The zero-order chi connectivity index (χ0) is 34.5. The van der Waals surface area contributed by atoms with Crippen LogP contribution in [0.4, 0.5) is 0 Å². The van der Waals surface area contributed by atoms with Crippen molar-refractivity contribution >= 4 is 50.0 Å². The average Bonchev–Trinajstić information content (AvgIpc) is 3.60. The van der Waals surface area contributed by atoms with E-state index in [-0.39, 0.29) is 18.1 Å². The second-order valence-corrected chi connectivity index (χ2v) is 15.5. The lowest BCUT2D eigenvalue weighted by Crippen LogP contribution is -2.30. The van der Waals surface area contributed by atoms with Crippen LogP contribution in [-0.4, -0.2) is 37.5 Å². The monoisotopic (exact) mass is 682 g/mol. The molecule has 1 unspecified atom stereocenters. The van der Waals surface area contributed by atoms with Gasteiger partial charge in [0.25, 0.3) is 5.56 Å². The highest BCUT2D eigenvalue weighted by Crippen LogP contribution is 2.44. The van der Waals surface area contributed by atoms with Crippen molar-refractivity contribution in [2.45, 2.75) is 60.2 Å². The molecule has 3 aromatic heterocycles. The largest absolute Gasteiger partial charge is 0.462 e. The van der Waals surface area contributed by atoms with Crippen molar-refractivity contribution in [3.05, 3.63) is 99.6 Å². The molecule has 0 radical (unpaired) electrons. The molecule has 0 N–H and O–H groups in total. The topological polar surface area (TPSA) is 88.2 Å². The lowest BCUT2D eigenvalue weighted by atomic mass is 9.91. The van der Waals surface area contributed by atoms with Crippen LogP contribution in [0.3, 0.4) is 0 Å². The van der Waals surface area contributed by atoms with E-state index in [9.17, 15) is 9.59 Å². The molecule has 0 aliphatic carbocycles. The zero-order valence-electron chi connectivity index (χ0n) is 28.4. The van der Waals surface area contributed by atoms with E-state index in [1.807, 2.05) is 116 Å². The van der Waals surface area contributed by atoms with E-state index in [1.54, 1.807) is 21.6 Å². The Balaban J connectivity index is 1.53. The summed E-state index contributed by atoms with van der Waals surface area (Å²) in [6.45, 7) is 13.5. The van der Waals surface area contributed by atoms with Crippen LogP contribution in [0.1, 0.15) is 58.8 Å². The minimum absolute atomic E-state index is 0.0383. The minimum Gasteiger partial charge on any atom is -0.462 e. The molecule has 48 heavy (non-hydrogen) atoms. The predicted molar refractivity (Wildman–Crippen MR) is 194 cm³/mol. The molecule has 0 aliphatic rings. The molecule has 0 amide bonds. The van der Waals surface area contributed by atoms with E-state index in [4.69, 9.17) is 26.1 Å². The van der Waals surface area contributed by atoms with Gasteiger partial charge in [-0.2, -0.15) is 5.10 Å². The molecule has 8 nitrogen and oxygen atoms in total. The molecule has 0 saturated heterocycles. The van der Waals surface area contributed by atoms with E-state index >= 15 is 0 Å². The van der Waals surface area contributed by atoms with Crippen LogP contribution < -0.4 is 5.56 Å². The van der Waals surface area contributed by atoms with Gasteiger partial charge in [0.2, 0.25) is 0 Å². The van der Waals surface area contributed by atoms with Crippen molar-refractivity contribution < 1.29 is 14.3 Å². The van der Waals surface area contributed by atoms with Gasteiger partial charge in [-0.1, -0.05) is 23.7 Å². The van der Waals surface area contributed by atoms with E-state index in [0.717, 1.165) is 49.1 Å². The molecule has 6 rings (SSSR count). The molecule has 0 aliphatic heterocycles. The number of halogens is 1. The number of aryl methyl sites for hydroxylation is 2. The third-order valence-corrected chi connectivity index (χ3v) is 9.42. The van der Waals surface area contributed by atoms with E-state index in [1.165, 1.54) is 11.3 Å². The summed E-state index contributed by atoms with van der Waals surface area (Å²) in [6, 6.07) is 19.2. The van der Waals surface area contributed by atoms with E-state index in [0.29, 0.717) is 15.6 Å². The second-order valence-electron chi connectivity index (χ2n) is 14.0. The molecule has 3 aromatic carbocycles. The second kappa shape index (κ2) is 12.6. The summed E-state index contributed by atoms with van der Waals surface area (Å²) in [5, 5.41) is 6.50. The summed E-state index contributed by atoms with van der Waals surface area (Å²) in [4.78, 5) is 32.0. The Labute approximate surface area is 288 Å². The molecular formula is C38H39ClN4O4S. The van der Waals surface area contributed by atoms with Crippen LogP contribution in [0.2, 0.25) is 5.02 Å². The first-order valence-electron chi connectivity index (χ1n) is 15.8. The highest BCUT2D eigenvalue weighted by molar-refractivity contribution is 7.22. The number of hydrogen-bond donors (Lipinski definition) is 0. The maximum atomic E-state index is 14.0. The zero-order valence-corrected chi connectivity index (χ0v) is 30.0. The third kappa shape index (κ3) is 6.67.